The van der Waals surface area contributed by atoms with Gasteiger partial charge < -0.3 is 15.8 Å². The number of benzene rings is 1. The van der Waals surface area contributed by atoms with Crippen LogP contribution in [0, 0.1) is 0 Å². The Hall–Kier alpha value is -2.57. The maximum Gasteiger partial charge on any atom is 0.267 e. The number of rotatable bonds is 5. The first-order valence-electron chi connectivity index (χ1n) is 6.27. The van der Waals surface area contributed by atoms with Crippen molar-refractivity contribution in [3.63, 3.8) is 0 Å². The summed E-state index contributed by atoms with van der Waals surface area (Å²) < 4.78 is 5.44. The summed E-state index contributed by atoms with van der Waals surface area (Å²) in [7, 11) is 0. The van der Waals surface area contributed by atoms with Crippen molar-refractivity contribution in [1.82, 2.24) is 10.7 Å². The van der Waals surface area contributed by atoms with Gasteiger partial charge in [0.2, 0.25) is 5.91 Å². The first-order chi connectivity index (χ1) is 9.65. The van der Waals surface area contributed by atoms with Gasteiger partial charge in [-0.1, -0.05) is 0 Å². The molecule has 1 aromatic rings. The van der Waals surface area contributed by atoms with Crippen molar-refractivity contribution in [2.45, 2.75) is 12.8 Å². The van der Waals surface area contributed by atoms with Gasteiger partial charge in [-0.25, -0.2) is 5.43 Å². The van der Waals surface area contributed by atoms with Gasteiger partial charge in [0.1, 0.15) is 18.1 Å². The average molecular weight is 276 g/mol. The van der Waals surface area contributed by atoms with Crippen LogP contribution in [-0.2, 0) is 9.59 Å². The van der Waals surface area contributed by atoms with Crippen LogP contribution >= 0.6 is 0 Å². The molecule has 2 amide bonds. The molecule has 1 heterocycles. The molecule has 1 aromatic carbocycles. The lowest BCUT2D eigenvalue weighted by Gasteiger charge is -2.12. The molecule has 0 bridgehead atoms. The highest BCUT2D eigenvalue weighted by molar-refractivity contribution is 6.39. The molecule has 0 aliphatic carbocycles. The molecule has 7 nitrogen and oxygen atoms in total. The topological polar surface area (TPSA) is 106 Å². The normalized spacial score (nSPS) is 14.2. The van der Waals surface area contributed by atoms with Crippen LogP contribution in [0.2, 0.25) is 0 Å². The second kappa shape index (κ2) is 6.55. The van der Waals surface area contributed by atoms with E-state index in [-0.39, 0.29) is 18.2 Å². The molecule has 4 N–H and O–H groups in total. The smallest absolute Gasteiger partial charge is 0.267 e. The van der Waals surface area contributed by atoms with Crippen molar-refractivity contribution in [1.29, 1.82) is 0 Å². The van der Waals surface area contributed by atoms with E-state index in [1.54, 1.807) is 24.3 Å². The predicted octanol–water partition coefficient (Wildman–Crippen LogP) is 0.0298. The number of nitrogens with two attached hydrogens (primary N) is 1. The summed E-state index contributed by atoms with van der Waals surface area (Å²) in [5, 5.41) is 6.39. The van der Waals surface area contributed by atoms with E-state index < -0.39 is 0 Å². The van der Waals surface area contributed by atoms with Crippen molar-refractivity contribution < 1.29 is 14.3 Å². The number of ether oxygens (including phenoxy) is 1. The number of carbonyl (C=O) groups excluding carboxylic acids is 2. The number of nitrogen functional groups attached to an aromatic ring is 1. The van der Waals surface area contributed by atoms with E-state index in [9.17, 15) is 9.59 Å². The first kappa shape index (κ1) is 13.9. The maximum atomic E-state index is 11.7. The van der Waals surface area contributed by atoms with Gasteiger partial charge in [0.15, 0.2) is 0 Å². The maximum absolute atomic E-state index is 11.7. The van der Waals surface area contributed by atoms with Crippen molar-refractivity contribution in [3.05, 3.63) is 24.3 Å². The highest BCUT2D eigenvalue weighted by Gasteiger charge is 2.17. The molecule has 0 spiro atoms. The van der Waals surface area contributed by atoms with Crippen LogP contribution in [0.25, 0.3) is 0 Å². The zero-order valence-electron chi connectivity index (χ0n) is 10.9. The number of carbonyl (C=O) groups is 2. The SMILES string of the molecule is Nc1ccc(OCCNC(=O)C2=NNC(=O)CC2)cc1. The van der Waals surface area contributed by atoms with Gasteiger partial charge in [0, 0.05) is 18.5 Å². The molecule has 2 rings (SSSR count). The van der Waals surface area contributed by atoms with Crippen LogP contribution in [-0.4, -0.2) is 30.7 Å². The lowest BCUT2D eigenvalue weighted by Crippen LogP contribution is -2.38. The molecule has 7 heteroatoms. The summed E-state index contributed by atoms with van der Waals surface area (Å²) in [4.78, 5) is 22.6. The zero-order chi connectivity index (χ0) is 14.4. The Morgan fingerprint density at radius 1 is 1.35 bits per heavy atom. The monoisotopic (exact) mass is 276 g/mol. The Bertz CT molecular complexity index is 525. The Balaban J connectivity index is 1.69. The third-order valence-corrected chi connectivity index (χ3v) is 2.70. The highest BCUT2D eigenvalue weighted by atomic mass is 16.5. The van der Waals surface area contributed by atoms with Gasteiger partial charge in [0.05, 0.1) is 6.54 Å². The summed E-state index contributed by atoms with van der Waals surface area (Å²) in [6.45, 7) is 0.700. The molecule has 0 saturated heterocycles. The van der Waals surface area contributed by atoms with Crippen molar-refractivity contribution >= 4 is 23.2 Å². The fraction of sp³-hybridized carbons (Fsp3) is 0.308. The molecule has 106 valence electrons. The summed E-state index contributed by atoms with van der Waals surface area (Å²) in [6, 6.07) is 7.01. The van der Waals surface area contributed by atoms with Crippen LogP contribution in [0.1, 0.15) is 12.8 Å². The van der Waals surface area contributed by atoms with Crippen LogP contribution in [0.3, 0.4) is 0 Å². The molecule has 0 unspecified atom stereocenters. The zero-order valence-corrected chi connectivity index (χ0v) is 10.9. The third-order valence-electron chi connectivity index (χ3n) is 2.70. The molecule has 0 saturated carbocycles. The Morgan fingerprint density at radius 3 is 2.75 bits per heavy atom. The standard InChI is InChI=1S/C13H16N4O3/c14-9-1-3-10(4-2-9)20-8-7-15-13(19)11-5-6-12(18)17-16-11/h1-4H,5-8,14H2,(H,15,19)(H,17,18). The van der Waals surface area contributed by atoms with E-state index in [1.165, 1.54) is 0 Å². The van der Waals surface area contributed by atoms with E-state index in [0.717, 1.165) is 0 Å². The molecule has 1 aliphatic heterocycles. The molecule has 20 heavy (non-hydrogen) atoms. The van der Waals surface area contributed by atoms with E-state index in [2.05, 4.69) is 15.8 Å². The fourth-order valence-electron chi connectivity index (χ4n) is 1.64. The van der Waals surface area contributed by atoms with E-state index in [1.807, 2.05) is 0 Å². The highest BCUT2D eigenvalue weighted by Crippen LogP contribution is 2.12. The minimum absolute atomic E-state index is 0.173. The van der Waals surface area contributed by atoms with Crippen LogP contribution in [0.5, 0.6) is 5.75 Å². The third kappa shape index (κ3) is 3.98. The predicted molar refractivity (Wildman–Crippen MR) is 74.2 cm³/mol. The second-order valence-corrected chi connectivity index (χ2v) is 4.27. The second-order valence-electron chi connectivity index (χ2n) is 4.27. The van der Waals surface area contributed by atoms with Crippen molar-refractivity contribution in [2.24, 2.45) is 5.10 Å². The number of nitrogens with one attached hydrogen (secondary N) is 2. The van der Waals surface area contributed by atoms with Crippen LogP contribution < -0.4 is 21.2 Å². The number of hydrogen-bond acceptors (Lipinski definition) is 5. The summed E-state index contributed by atoms with van der Waals surface area (Å²) in [5.41, 5.74) is 8.84. The van der Waals surface area contributed by atoms with Gasteiger partial charge in [-0.3, -0.25) is 9.59 Å². The molecule has 1 aliphatic rings. The number of amides is 2. The number of nitrogens with zero attached hydrogens (tertiary/aromatic N) is 1. The largest absolute Gasteiger partial charge is 0.492 e. The number of hydrogen-bond donors (Lipinski definition) is 3. The first-order valence-corrected chi connectivity index (χ1v) is 6.27. The van der Waals surface area contributed by atoms with Crippen molar-refractivity contribution in [2.75, 3.05) is 18.9 Å². The summed E-state index contributed by atoms with van der Waals surface area (Å²) in [6.07, 6.45) is 0.644. The Kier molecular flexibility index (Phi) is 4.54. The van der Waals surface area contributed by atoms with E-state index in [4.69, 9.17) is 10.5 Å². The van der Waals surface area contributed by atoms with Gasteiger partial charge in [-0.05, 0) is 24.3 Å². The lowest BCUT2D eigenvalue weighted by molar-refractivity contribution is -0.121. The molecule has 0 fully saturated rings. The van der Waals surface area contributed by atoms with Gasteiger partial charge >= 0.3 is 0 Å². The van der Waals surface area contributed by atoms with Crippen LogP contribution in [0.15, 0.2) is 29.4 Å². The van der Waals surface area contributed by atoms with Crippen LogP contribution in [0.4, 0.5) is 5.69 Å². The quantitative estimate of drug-likeness (QED) is 0.521. The fourth-order valence-corrected chi connectivity index (χ4v) is 1.64. The van der Waals surface area contributed by atoms with Crippen molar-refractivity contribution in [3.8, 4) is 5.75 Å². The minimum Gasteiger partial charge on any atom is -0.492 e. The lowest BCUT2D eigenvalue weighted by atomic mass is 10.1. The Morgan fingerprint density at radius 2 is 2.10 bits per heavy atom. The summed E-state index contributed by atoms with van der Waals surface area (Å²) >= 11 is 0. The summed E-state index contributed by atoms with van der Waals surface area (Å²) in [5.74, 6) is 0.231. The van der Waals surface area contributed by atoms with Gasteiger partial charge in [0.25, 0.3) is 5.91 Å². The van der Waals surface area contributed by atoms with Gasteiger partial charge in [-0.2, -0.15) is 5.10 Å². The van der Waals surface area contributed by atoms with Gasteiger partial charge in [-0.15, -0.1) is 0 Å². The number of anilines is 1. The molecule has 0 atom stereocenters. The molecular formula is C13H16N4O3. The molecular weight excluding hydrogens is 260 g/mol. The average Bonchev–Trinajstić information content (AvgIpc) is 2.46. The minimum atomic E-state index is -0.286. The molecule has 0 aromatic heterocycles. The molecule has 0 radical (unpaired) electrons. The Labute approximate surface area is 116 Å². The van der Waals surface area contributed by atoms with E-state index in [0.29, 0.717) is 36.7 Å². The number of hydrazone groups is 1. The van der Waals surface area contributed by atoms with E-state index >= 15 is 0 Å².